The smallest absolute Gasteiger partial charge is 0.395 e. The van der Waals surface area contributed by atoms with Crippen LogP contribution < -0.4 is 27.2 Å². The highest BCUT2D eigenvalue weighted by Crippen LogP contribution is 2.29. The van der Waals surface area contributed by atoms with Gasteiger partial charge in [0.2, 0.25) is 0 Å². The first-order valence-corrected chi connectivity index (χ1v) is 13.8. The van der Waals surface area contributed by atoms with Crippen molar-refractivity contribution in [3.63, 3.8) is 0 Å². The molecule has 3 rings (SSSR count). The minimum absolute atomic E-state index is 0.00682. The van der Waals surface area contributed by atoms with E-state index in [9.17, 15) is 27.6 Å². The minimum atomic E-state index is -4.66. The van der Waals surface area contributed by atoms with Crippen LogP contribution in [0.2, 0.25) is 0 Å². The maximum absolute atomic E-state index is 13.1. The number of nitrogens with two attached hydrogens (primary N) is 2. The molecule has 0 bridgehead atoms. The Morgan fingerprint density at radius 1 is 1.17 bits per heavy atom. The van der Waals surface area contributed by atoms with Crippen LogP contribution in [0.15, 0.2) is 16.9 Å². The molecule has 0 aliphatic carbocycles. The number of hydrogen-bond acceptors (Lipinski definition) is 10. The number of aromatic amines is 1. The van der Waals surface area contributed by atoms with E-state index in [0.717, 1.165) is 18.6 Å². The number of nitrogens with one attached hydrogen (secondary N) is 2. The van der Waals surface area contributed by atoms with Crippen LogP contribution in [0.5, 0.6) is 0 Å². The summed E-state index contributed by atoms with van der Waals surface area (Å²) in [5.74, 6) is -1.57. The van der Waals surface area contributed by atoms with E-state index in [4.69, 9.17) is 16.6 Å². The first kappa shape index (κ1) is 32.6. The van der Waals surface area contributed by atoms with E-state index in [1.807, 2.05) is 18.7 Å². The van der Waals surface area contributed by atoms with Crippen LogP contribution in [0.1, 0.15) is 59.7 Å². The third-order valence-electron chi connectivity index (χ3n) is 7.02. The molecule has 1 fully saturated rings. The average Bonchev–Trinajstić information content (AvgIpc) is 2.95. The van der Waals surface area contributed by atoms with Crippen molar-refractivity contribution in [1.82, 2.24) is 30.1 Å². The monoisotopic (exact) mass is 597 g/mol. The minimum Gasteiger partial charge on any atom is -0.395 e. The molecule has 2 aromatic rings. The normalized spacial score (nSPS) is 16.0. The standard InChI is InChI=1S/C26H38F3N9O4/c1-3-9-37(25(42)17-6-7-18(26(27,28)29)33-20(17)30)11-5-10-36-12-13-38(15-16(36)4-2)22-24(41)34-19(21(31)35-22)23(40)32-8-14-39/h6-7,16,39H,3-5,8-15H2,1-2H3,(H2,30,33)(H2,31,35)(H,32,40)(H,34,41). The fourth-order valence-electron chi connectivity index (χ4n) is 4.90. The van der Waals surface area contributed by atoms with Crippen molar-refractivity contribution in [1.29, 1.82) is 0 Å². The van der Waals surface area contributed by atoms with Crippen LogP contribution in [-0.2, 0) is 6.18 Å². The van der Waals surface area contributed by atoms with Crippen LogP contribution in [0.25, 0.3) is 0 Å². The highest BCUT2D eigenvalue weighted by Gasteiger charge is 2.34. The van der Waals surface area contributed by atoms with E-state index in [1.165, 1.54) is 0 Å². The second-order valence-corrected chi connectivity index (χ2v) is 9.95. The summed E-state index contributed by atoms with van der Waals surface area (Å²) < 4.78 is 38.9. The fraction of sp³-hybridized carbons (Fsp3) is 0.577. The number of rotatable bonds is 12. The Balaban J connectivity index is 1.63. The Hall–Kier alpha value is -3.92. The number of piperazine rings is 1. The highest BCUT2D eigenvalue weighted by molar-refractivity contribution is 5.98. The van der Waals surface area contributed by atoms with Gasteiger partial charge in [0.05, 0.1) is 12.2 Å². The average molecular weight is 598 g/mol. The number of hydrogen-bond donors (Lipinski definition) is 5. The molecule has 0 aromatic carbocycles. The lowest BCUT2D eigenvalue weighted by Crippen LogP contribution is -2.54. The zero-order valence-electron chi connectivity index (χ0n) is 23.7. The van der Waals surface area contributed by atoms with E-state index >= 15 is 0 Å². The summed E-state index contributed by atoms with van der Waals surface area (Å²) >= 11 is 0. The second-order valence-electron chi connectivity index (χ2n) is 9.95. The molecule has 0 radical (unpaired) electrons. The number of halogens is 3. The van der Waals surface area contributed by atoms with E-state index in [1.54, 1.807) is 4.90 Å². The van der Waals surface area contributed by atoms with Crippen molar-refractivity contribution >= 4 is 29.3 Å². The zero-order valence-corrected chi connectivity index (χ0v) is 23.7. The first-order valence-electron chi connectivity index (χ1n) is 13.8. The van der Waals surface area contributed by atoms with Crippen LogP contribution in [0, 0.1) is 0 Å². The third kappa shape index (κ3) is 7.88. The van der Waals surface area contributed by atoms with E-state index in [-0.39, 0.29) is 42.1 Å². The molecule has 0 saturated carbocycles. The molecule has 1 saturated heterocycles. The van der Waals surface area contributed by atoms with Crippen molar-refractivity contribution in [3.8, 4) is 0 Å². The van der Waals surface area contributed by atoms with Gasteiger partial charge in [-0.1, -0.05) is 13.8 Å². The molecule has 2 amide bonds. The van der Waals surface area contributed by atoms with Gasteiger partial charge in [0, 0.05) is 51.9 Å². The highest BCUT2D eigenvalue weighted by atomic mass is 19.4. The van der Waals surface area contributed by atoms with Gasteiger partial charge in [0.25, 0.3) is 17.4 Å². The molecule has 7 N–H and O–H groups in total. The molecule has 13 nitrogen and oxygen atoms in total. The molecule has 1 aliphatic rings. The summed E-state index contributed by atoms with van der Waals surface area (Å²) in [5, 5.41) is 11.3. The molecule has 1 unspecified atom stereocenters. The number of aromatic nitrogens is 3. The van der Waals surface area contributed by atoms with Gasteiger partial charge in [0.15, 0.2) is 11.6 Å². The van der Waals surface area contributed by atoms with Gasteiger partial charge in [-0.2, -0.15) is 13.2 Å². The maximum atomic E-state index is 13.1. The summed E-state index contributed by atoms with van der Waals surface area (Å²) in [6, 6.07) is 1.89. The molecular weight excluding hydrogens is 559 g/mol. The summed E-state index contributed by atoms with van der Waals surface area (Å²) in [6.07, 6.45) is -2.62. The lowest BCUT2D eigenvalue weighted by molar-refractivity contribution is -0.141. The SMILES string of the molecule is CCCN(CCCN1CCN(c2nc(N)c(C(=O)NCCO)[nH]c2=O)CC1CC)C(=O)c1ccc(C(F)(F)F)nc1N. The predicted octanol–water partition coefficient (Wildman–Crippen LogP) is 0.913. The molecule has 1 atom stereocenters. The van der Waals surface area contributed by atoms with Gasteiger partial charge in [-0.05, 0) is 31.4 Å². The molecule has 1 aliphatic heterocycles. The number of pyridine rings is 1. The number of alkyl halides is 3. The van der Waals surface area contributed by atoms with Gasteiger partial charge in [0.1, 0.15) is 17.2 Å². The molecule has 3 heterocycles. The number of nitrogens with zero attached hydrogens (tertiary/aromatic N) is 5. The molecule has 2 aromatic heterocycles. The summed E-state index contributed by atoms with van der Waals surface area (Å²) in [4.78, 5) is 53.8. The van der Waals surface area contributed by atoms with Gasteiger partial charge >= 0.3 is 6.18 Å². The van der Waals surface area contributed by atoms with E-state index < -0.39 is 35.1 Å². The lowest BCUT2D eigenvalue weighted by atomic mass is 10.1. The number of carbonyl (C=O) groups is 2. The van der Waals surface area contributed by atoms with Crippen molar-refractivity contribution in [2.45, 2.75) is 45.3 Å². The Labute approximate surface area is 241 Å². The number of nitrogen functional groups attached to an aromatic ring is 2. The number of amides is 2. The van der Waals surface area contributed by atoms with Crippen LogP contribution in [-0.4, -0.2) is 100 Å². The summed E-state index contributed by atoms with van der Waals surface area (Å²) in [6.45, 7) is 6.68. The molecule has 232 valence electrons. The number of aliphatic hydroxyl groups is 1. The number of H-pyrrole nitrogens is 1. The first-order chi connectivity index (χ1) is 19.9. The number of aliphatic hydroxyl groups excluding tert-OH is 1. The molecule has 42 heavy (non-hydrogen) atoms. The van der Waals surface area contributed by atoms with Crippen LogP contribution in [0.4, 0.5) is 30.6 Å². The van der Waals surface area contributed by atoms with Crippen LogP contribution in [0.3, 0.4) is 0 Å². The molecule has 0 spiro atoms. The number of anilines is 3. The zero-order chi connectivity index (χ0) is 31.0. The topological polar surface area (TPSA) is 187 Å². The van der Waals surface area contributed by atoms with E-state index in [0.29, 0.717) is 52.1 Å². The van der Waals surface area contributed by atoms with Gasteiger partial charge in [-0.15, -0.1) is 0 Å². The van der Waals surface area contributed by atoms with Gasteiger partial charge in [-0.3, -0.25) is 19.3 Å². The van der Waals surface area contributed by atoms with Crippen molar-refractivity contribution < 1.29 is 27.9 Å². The fourth-order valence-corrected chi connectivity index (χ4v) is 4.90. The quantitative estimate of drug-likeness (QED) is 0.235. The van der Waals surface area contributed by atoms with Crippen molar-refractivity contribution in [2.75, 3.05) is 68.8 Å². The lowest BCUT2D eigenvalue weighted by Gasteiger charge is -2.41. The molecular formula is C26H38F3N9O4. The Kier molecular flexibility index (Phi) is 11.1. The van der Waals surface area contributed by atoms with Crippen molar-refractivity contribution in [3.05, 3.63) is 39.4 Å². The van der Waals surface area contributed by atoms with Gasteiger partial charge in [-0.25, -0.2) is 9.97 Å². The van der Waals surface area contributed by atoms with Crippen molar-refractivity contribution in [2.24, 2.45) is 0 Å². The largest absolute Gasteiger partial charge is 0.433 e. The Morgan fingerprint density at radius 3 is 2.52 bits per heavy atom. The Morgan fingerprint density at radius 2 is 1.90 bits per heavy atom. The molecule has 16 heteroatoms. The number of carbonyl (C=O) groups excluding carboxylic acids is 2. The van der Waals surface area contributed by atoms with Gasteiger partial charge < -0.3 is 36.7 Å². The second kappa shape index (κ2) is 14.3. The Bertz CT molecular complexity index is 1300. The van der Waals surface area contributed by atoms with Crippen LogP contribution >= 0.6 is 0 Å². The maximum Gasteiger partial charge on any atom is 0.433 e. The summed E-state index contributed by atoms with van der Waals surface area (Å²) in [5.41, 5.74) is 9.74. The summed E-state index contributed by atoms with van der Waals surface area (Å²) in [7, 11) is 0. The third-order valence-corrected chi connectivity index (χ3v) is 7.02. The predicted molar refractivity (Wildman–Crippen MR) is 151 cm³/mol. The van der Waals surface area contributed by atoms with E-state index in [2.05, 4.69) is 25.2 Å².